The Morgan fingerprint density at radius 1 is 1.42 bits per heavy atom. The summed E-state index contributed by atoms with van der Waals surface area (Å²) in [7, 11) is 0. The van der Waals surface area contributed by atoms with Gasteiger partial charge in [-0.15, -0.1) is 0 Å². The summed E-state index contributed by atoms with van der Waals surface area (Å²) in [6, 6.07) is 8.11. The van der Waals surface area contributed by atoms with Gasteiger partial charge in [-0.05, 0) is 37.1 Å². The van der Waals surface area contributed by atoms with E-state index in [1.807, 2.05) is 36.0 Å². The van der Waals surface area contributed by atoms with Crippen molar-refractivity contribution in [3.63, 3.8) is 0 Å². The molecule has 0 heterocycles. The first-order valence-corrected chi connectivity index (χ1v) is 8.15. The molecule has 0 saturated heterocycles. The highest BCUT2D eigenvalue weighted by Gasteiger charge is 2.27. The monoisotopic (exact) mass is 278 g/mol. The van der Waals surface area contributed by atoms with Gasteiger partial charge < -0.3 is 11.1 Å². The van der Waals surface area contributed by atoms with Crippen LogP contribution in [0.3, 0.4) is 0 Å². The van der Waals surface area contributed by atoms with E-state index in [1.54, 1.807) is 0 Å². The van der Waals surface area contributed by atoms with E-state index < -0.39 is 0 Å². The topological polar surface area (TPSA) is 55.1 Å². The van der Waals surface area contributed by atoms with Gasteiger partial charge in [-0.25, -0.2) is 0 Å². The Balaban J connectivity index is 1.80. The van der Waals surface area contributed by atoms with E-state index in [1.165, 1.54) is 12.8 Å². The molecule has 2 atom stereocenters. The van der Waals surface area contributed by atoms with Crippen molar-refractivity contribution in [3.8, 4) is 0 Å². The molecule has 1 saturated carbocycles. The number of carbonyl (C=O) groups excluding carboxylic acids is 1. The number of rotatable bonds is 5. The van der Waals surface area contributed by atoms with Gasteiger partial charge in [-0.3, -0.25) is 4.79 Å². The van der Waals surface area contributed by atoms with E-state index in [0.717, 1.165) is 24.1 Å². The fourth-order valence-corrected chi connectivity index (χ4v) is 3.60. The minimum atomic E-state index is 0.147. The molecule has 2 unspecified atom stereocenters. The molecule has 1 aromatic rings. The lowest BCUT2D eigenvalue weighted by atomic mass is 10.1. The van der Waals surface area contributed by atoms with Gasteiger partial charge in [0.2, 0.25) is 5.91 Å². The predicted molar refractivity (Wildman–Crippen MR) is 82.3 cm³/mol. The number of nitrogens with one attached hydrogen (secondary N) is 1. The first-order chi connectivity index (χ1) is 9.20. The minimum absolute atomic E-state index is 0.147. The molecule has 1 aliphatic rings. The summed E-state index contributed by atoms with van der Waals surface area (Å²) >= 11 is 1.86. The van der Waals surface area contributed by atoms with Gasteiger partial charge in [0.1, 0.15) is 0 Å². The highest BCUT2D eigenvalue weighted by Crippen LogP contribution is 2.28. The Hall–Kier alpha value is -1.16. The highest BCUT2D eigenvalue weighted by molar-refractivity contribution is 7.99. The van der Waals surface area contributed by atoms with Crippen molar-refractivity contribution < 1.29 is 4.79 Å². The Labute approximate surface area is 119 Å². The summed E-state index contributed by atoms with van der Waals surface area (Å²) in [4.78, 5) is 12.0. The van der Waals surface area contributed by atoms with E-state index in [4.69, 9.17) is 5.73 Å². The average Bonchev–Trinajstić information content (AvgIpc) is 2.85. The van der Waals surface area contributed by atoms with Crippen LogP contribution in [0.5, 0.6) is 0 Å². The molecule has 0 bridgehead atoms. The number of nitrogens with two attached hydrogens (primary N) is 1. The van der Waals surface area contributed by atoms with E-state index >= 15 is 0 Å². The standard InChI is InChI=1S/C15H22N2OS/c1-19-14-8-4-7-13(14)17-15(18)10-9-11-5-2-3-6-12(11)16/h2-3,5-6,13-14H,4,7-10,16H2,1H3,(H,17,18). The van der Waals surface area contributed by atoms with Crippen molar-refractivity contribution in [2.75, 3.05) is 12.0 Å². The zero-order chi connectivity index (χ0) is 13.7. The SMILES string of the molecule is CSC1CCCC1NC(=O)CCc1ccccc1N. The van der Waals surface area contributed by atoms with E-state index in [0.29, 0.717) is 17.7 Å². The Morgan fingerprint density at radius 3 is 2.95 bits per heavy atom. The summed E-state index contributed by atoms with van der Waals surface area (Å²) in [5.41, 5.74) is 7.72. The molecule has 0 aliphatic heterocycles. The van der Waals surface area contributed by atoms with Crippen LogP contribution in [-0.4, -0.2) is 23.5 Å². The van der Waals surface area contributed by atoms with Crippen molar-refractivity contribution in [2.45, 2.75) is 43.4 Å². The molecule has 1 amide bonds. The van der Waals surface area contributed by atoms with Crippen molar-refractivity contribution >= 4 is 23.4 Å². The maximum Gasteiger partial charge on any atom is 0.220 e. The molecule has 1 aliphatic carbocycles. The minimum Gasteiger partial charge on any atom is -0.399 e. The lowest BCUT2D eigenvalue weighted by Gasteiger charge is -2.19. The fourth-order valence-electron chi connectivity index (χ4n) is 2.66. The summed E-state index contributed by atoms with van der Waals surface area (Å²) in [5.74, 6) is 0.147. The Morgan fingerprint density at radius 2 is 2.21 bits per heavy atom. The van der Waals surface area contributed by atoms with Gasteiger partial charge >= 0.3 is 0 Å². The predicted octanol–water partition coefficient (Wildman–Crippen LogP) is 2.60. The van der Waals surface area contributed by atoms with Crippen LogP contribution in [0.15, 0.2) is 24.3 Å². The van der Waals surface area contributed by atoms with E-state index in [-0.39, 0.29) is 5.91 Å². The van der Waals surface area contributed by atoms with Crippen molar-refractivity contribution in [2.24, 2.45) is 0 Å². The molecular weight excluding hydrogens is 256 g/mol. The van der Waals surface area contributed by atoms with Gasteiger partial charge in [0, 0.05) is 23.4 Å². The molecule has 2 rings (SSSR count). The maximum absolute atomic E-state index is 12.0. The number of anilines is 1. The zero-order valence-electron chi connectivity index (χ0n) is 11.4. The van der Waals surface area contributed by atoms with Crippen molar-refractivity contribution in [3.05, 3.63) is 29.8 Å². The molecule has 0 radical (unpaired) electrons. The number of amides is 1. The number of benzene rings is 1. The first-order valence-electron chi connectivity index (χ1n) is 6.86. The van der Waals surface area contributed by atoms with Crippen LogP contribution in [0.25, 0.3) is 0 Å². The van der Waals surface area contributed by atoms with Crippen LogP contribution in [0.4, 0.5) is 5.69 Å². The second kappa shape index (κ2) is 6.85. The Bertz CT molecular complexity index is 436. The number of thioether (sulfide) groups is 1. The van der Waals surface area contributed by atoms with E-state index in [9.17, 15) is 4.79 Å². The molecule has 0 spiro atoms. The molecule has 104 valence electrons. The van der Waals surface area contributed by atoms with Gasteiger partial charge in [-0.1, -0.05) is 24.6 Å². The van der Waals surface area contributed by atoms with Crippen molar-refractivity contribution in [1.29, 1.82) is 0 Å². The Kier molecular flexibility index (Phi) is 5.14. The summed E-state index contributed by atoms with van der Waals surface area (Å²) in [5, 5.41) is 3.76. The molecule has 0 aromatic heterocycles. The number of carbonyl (C=O) groups is 1. The van der Waals surface area contributed by atoms with Gasteiger partial charge in [0.25, 0.3) is 0 Å². The third-order valence-corrected chi connectivity index (χ3v) is 4.95. The molecule has 3 nitrogen and oxygen atoms in total. The third-order valence-electron chi connectivity index (χ3n) is 3.78. The molecule has 1 fully saturated rings. The summed E-state index contributed by atoms with van der Waals surface area (Å²) in [6.07, 6.45) is 6.92. The summed E-state index contributed by atoms with van der Waals surface area (Å²) < 4.78 is 0. The van der Waals surface area contributed by atoms with Crippen LogP contribution < -0.4 is 11.1 Å². The van der Waals surface area contributed by atoms with E-state index in [2.05, 4.69) is 11.6 Å². The molecule has 19 heavy (non-hydrogen) atoms. The van der Waals surface area contributed by atoms with Crippen LogP contribution in [0.2, 0.25) is 0 Å². The quantitative estimate of drug-likeness (QED) is 0.814. The third kappa shape index (κ3) is 3.90. The van der Waals surface area contributed by atoms with Gasteiger partial charge in [0.15, 0.2) is 0 Å². The molecule has 4 heteroatoms. The number of hydrogen-bond acceptors (Lipinski definition) is 3. The normalized spacial score (nSPS) is 22.4. The van der Waals surface area contributed by atoms with Gasteiger partial charge in [-0.2, -0.15) is 11.8 Å². The van der Waals surface area contributed by atoms with Crippen LogP contribution in [-0.2, 0) is 11.2 Å². The number of nitrogen functional groups attached to an aromatic ring is 1. The van der Waals surface area contributed by atoms with Crippen LogP contribution >= 0.6 is 11.8 Å². The average molecular weight is 278 g/mol. The van der Waals surface area contributed by atoms with Gasteiger partial charge in [0.05, 0.1) is 0 Å². The second-order valence-corrected chi connectivity index (χ2v) is 6.15. The largest absolute Gasteiger partial charge is 0.399 e. The van der Waals surface area contributed by atoms with Crippen LogP contribution in [0.1, 0.15) is 31.2 Å². The molecular formula is C15H22N2OS. The number of para-hydroxylation sites is 1. The maximum atomic E-state index is 12.0. The fraction of sp³-hybridized carbons (Fsp3) is 0.533. The smallest absolute Gasteiger partial charge is 0.220 e. The number of hydrogen-bond donors (Lipinski definition) is 2. The summed E-state index contributed by atoms with van der Waals surface area (Å²) in [6.45, 7) is 0. The lowest BCUT2D eigenvalue weighted by molar-refractivity contribution is -0.121. The highest BCUT2D eigenvalue weighted by atomic mass is 32.2. The van der Waals surface area contributed by atoms with Crippen molar-refractivity contribution in [1.82, 2.24) is 5.32 Å². The number of aryl methyl sites for hydroxylation is 1. The lowest BCUT2D eigenvalue weighted by Crippen LogP contribution is -2.38. The first kappa shape index (κ1) is 14.3. The second-order valence-electron chi connectivity index (χ2n) is 5.08. The molecule has 3 N–H and O–H groups in total. The molecule has 1 aromatic carbocycles. The van der Waals surface area contributed by atoms with Crippen LogP contribution in [0, 0.1) is 0 Å². The zero-order valence-corrected chi connectivity index (χ0v) is 12.2.